The number of hydrogen-bond acceptors (Lipinski definition) is 4. The molecule has 18 heavy (non-hydrogen) atoms. The van der Waals surface area contributed by atoms with E-state index in [1.807, 2.05) is 0 Å². The number of halogens is 1. The monoisotopic (exact) mass is 307 g/mol. The third-order valence-electron chi connectivity index (χ3n) is 2.62. The molecule has 0 saturated heterocycles. The standard InChI is InChI=1S/C10H10ClNO4S2/c1-12-6-10(18(11,15)16)8-4-3-7(5-9(8)12)17(2,13)14/h3-6H,1-2H3. The fraction of sp³-hybridized carbons (Fsp3) is 0.200. The normalized spacial score (nSPS) is 13.1. The minimum Gasteiger partial charge on any atom is -0.349 e. The van der Waals surface area contributed by atoms with Gasteiger partial charge in [-0.05, 0) is 12.1 Å². The number of aromatic nitrogens is 1. The molecule has 0 spiro atoms. The Balaban J connectivity index is 2.87. The highest BCUT2D eigenvalue weighted by Gasteiger charge is 2.19. The summed E-state index contributed by atoms with van der Waals surface area (Å²) in [5.41, 5.74) is 0.497. The second-order valence-corrected chi connectivity index (χ2v) is 8.54. The summed E-state index contributed by atoms with van der Waals surface area (Å²) in [4.78, 5) is 0.108. The maximum absolute atomic E-state index is 11.4. The number of aryl methyl sites for hydroxylation is 1. The maximum Gasteiger partial charge on any atom is 0.263 e. The predicted octanol–water partition coefficient (Wildman–Crippen LogP) is 1.51. The van der Waals surface area contributed by atoms with Crippen LogP contribution in [-0.4, -0.2) is 27.7 Å². The Morgan fingerprint density at radius 2 is 1.78 bits per heavy atom. The Kier molecular flexibility index (Phi) is 2.95. The lowest BCUT2D eigenvalue weighted by atomic mass is 10.2. The molecule has 0 amide bonds. The quantitative estimate of drug-likeness (QED) is 0.788. The lowest BCUT2D eigenvalue weighted by molar-refractivity contribution is 0.601. The SMILES string of the molecule is Cn1cc(S(=O)(=O)Cl)c2ccc(S(C)(=O)=O)cc21. The number of rotatable bonds is 2. The summed E-state index contributed by atoms with van der Waals surface area (Å²) in [6, 6.07) is 4.24. The minimum atomic E-state index is -3.85. The van der Waals surface area contributed by atoms with Crippen molar-refractivity contribution in [2.75, 3.05) is 6.26 Å². The van der Waals surface area contributed by atoms with E-state index in [0.29, 0.717) is 10.9 Å². The molecule has 0 atom stereocenters. The van der Waals surface area contributed by atoms with Crippen molar-refractivity contribution in [1.29, 1.82) is 0 Å². The molecule has 0 fully saturated rings. The van der Waals surface area contributed by atoms with E-state index < -0.39 is 18.9 Å². The Labute approximate surface area is 109 Å². The summed E-state index contributed by atoms with van der Waals surface area (Å²) in [5, 5.41) is 0.403. The maximum atomic E-state index is 11.4. The lowest BCUT2D eigenvalue weighted by Gasteiger charge is -2.00. The van der Waals surface area contributed by atoms with Crippen LogP contribution in [0.1, 0.15) is 0 Å². The molecule has 0 N–H and O–H groups in total. The molecular formula is C10H10ClNO4S2. The van der Waals surface area contributed by atoms with Crippen molar-refractivity contribution in [2.45, 2.75) is 9.79 Å². The van der Waals surface area contributed by atoms with Gasteiger partial charge in [0, 0.05) is 35.6 Å². The molecule has 8 heteroatoms. The van der Waals surface area contributed by atoms with Crippen molar-refractivity contribution in [3.8, 4) is 0 Å². The Hall–Kier alpha value is -1.05. The summed E-state index contributed by atoms with van der Waals surface area (Å²) in [6.45, 7) is 0. The van der Waals surface area contributed by atoms with Crippen molar-refractivity contribution in [1.82, 2.24) is 4.57 Å². The first kappa shape index (κ1) is 13.4. The third-order valence-corrected chi connectivity index (χ3v) is 5.08. The molecule has 5 nitrogen and oxygen atoms in total. The highest BCUT2D eigenvalue weighted by molar-refractivity contribution is 8.14. The smallest absolute Gasteiger partial charge is 0.263 e. The van der Waals surface area contributed by atoms with Gasteiger partial charge in [-0.1, -0.05) is 6.07 Å². The van der Waals surface area contributed by atoms with Crippen LogP contribution in [0.4, 0.5) is 0 Å². The van der Waals surface area contributed by atoms with E-state index in [4.69, 9.17) is 10.7 Å². The number of sulfone groups is 1. The van der Waals surface area contributed by atoms with E-state index in [1.165, 1.54) is 29.0 Å². The van der Waals surface area contributed by atoms with E-state index >= 15 is 0 Å². The van der Waals surface area contributed by atoms with Gasteiger partial charge < -0.3 is 4.57 Å². The molecule has 2 aromatic rings. The van der Waals surface area contributed by atoms with Gasteiger partial charge in [-0.25, -0.2) is 16.8 Å². The van der Waals surface area contributed by atoms with Gasteiger partial charge in [0.25, 0.3) is 9.05 Å². The van der Waals surface area contributed by atoms with Crippen LogP contribution in [0.2, 0.25) is 0 Å². The molecule has 2 rings (SSSR count). The fourth-order valence-corrected chi connectivity index (χ4v) is 3.48. The first-order valence-electron chi connectivity index (χ1n) is 4.84. The van der Waals surface area contributed by atoms with Crippen molar-refractivity contribution >= 4 is 40.5 Å². The number of nitrogens with zero attached hydrogens (tertiary/aromatic N) is 1. The van der Waals surface area contributed by atoms with Gasteiger partial charge >= 0.3 is 0 Å². The molecule has 0 saturated carbocycles. The summed E-state index contributed by atoms with van der Waals surface area (Å²) >= 11 is 0. The molecule has 0 bridgehead atoms. The third kappa shape index (κ3) is 2.25. The topological polar surface area (TPSA) is 73.2 Å². The Bertz CT molecular complexity index is 834. The number of fused-ring (bicyclic) bond motifs is 1. The first-order chi connectivity index (χ1) is 8.10. The minimum absolute atomic E-state index is 0.0262. The van der Waals surface area contributed by atoms with Crippen molar-refractivity contribution < 1.29 is 16.8 Å². The summed E-state index contributed by atoms with van der Waals surface area (Å²) in [6.07, 6.45) is 2.45. The van der Waals surface area contributed by atoms with E-state index in [1.54, 1.807) is 7.05 Å². The van der Waals surface area contributed by atoms with Crippen LogP contribution in [0.25, 0.3) is 10.9 Å². The first-order valence-corrected chi connectivity index (χ1v) is 9.04. The van der Waals surface area contributed by atoms with Gasteiger partial charge in [0.2, 0.25) is 0 Å². The largest absolute Gasteiger partial charge is 0.349 e. The zero-order valence-electron chi connectivity index (χ0n) is 9.58. The average Bonchev–Trinajstić information content (AvgIpc) is 2.54. The Morgan fingerprint density at radius 3 is 2.28 bits per heavy atom. The molecule has 0 aliphatic heterocycles. The molecular weight excluding hydrogens is 298 g/mol. The predicted molar refractivity (Wildman–Crippen MR) is 69.1 cm³/mol. The van der Waals surface area contributed by atoms with Gasteiger partial charge in [-0.15, -0.1) is 0 Å². The van der Waals surface area contributed by atoms with E-state index in [9.17, 15) is 16.8 Å². The molecule has 1 aromatic carbocycles. The molecule has 0 aliphatic rings. The van der Waals surface area contributed by atoms with Crippen LogP contribution in [0.15, 0.2) is 34.2 Å². The van der Waals surface area contributed by atoms with Crippen molar-refractivity contribution in [2.24, 2.45) is 7.05 Å². The molecule has 0 unspecified atom stereocenters. The van der Waals surface area contributed by atoms with Crippen LogP contribution in [0.3, 0.4) is 0 Å². The Morgan fingerprint density at radius 1 is 1.17 bits per heavy atom. The molecule has 1 aromatic heterocycles. The van der Waals surface area contributed by atoms with Gasteiger partial charge in [0.15, 0.2) is 9.84 Å². The second kappa shape index (κ2) is 3.97. The highest BCUT2D eigenvalue weighted by Crippen LogP contribution is 2.29. The van der Waals surface area contributed by atoms with E-state index in [0.717, 1.165) is 6.26 Å². The van der Waals surface area contributed by atoms with Crippen LogP contribution in [-0.2, 0) is 25.9 Å². The summed E-state index contributed by atoms with van der Waals surface area (Å²) in [7, 11) is -0.242. The lowest BCUT2D eigenvalue weighted by Crippen LogP contribution is -1.97. The van der Waals surface area contributed by atoms with Crippen LogP contribution < -0.4 is 0 Å². The second-order valence-electron chi connectivity index (χ2n) is 3.99. The van der Waals surface area contributed by atoms with E-state index in [2.05, 4.69) is 0 Å². The van der Waals surface area contributed by atoms with Crippen LogP contribution in [0.5, 0.6) is 0 Å². The van der Waals surface area contributed by atoms with Crippen LogP contribution in [0, 0.1) is 0 Å². The van der Waals surface area contributed by atoms with E-state index in [-0.39, 0.29) is 9.79 Å². The molecule has 0 radical (unpaired) electrons. The van der Waals surface area contributed by atoms with Gasteiger partial charge in [-0.3, -0.25) is 0 Å². The van der Waals surface area contributed by atoms with Crippen molar-refractivity contribution in [3.05, 3.63) is 24.4 Å². The van der Waals surface area contributed by atoms with Gasteiger partial charge in [0.1, 0.15) is 4.90 Å². The molecule has 0 aliphatic carbocycles. The average molecular weight is 308 g/mol. The number of hydrogen-bond donors (Lipinski definition) is 0. The molecule has 98 valence electrons. The summed E-state index contributed by atoms with van der Waals surface area (Å²) in [5.74, 6) is 0. The fourth-order valence-electron chi connectivity index (χ4n) is 1.75. The summed E-state index contributed by atoms with van der Waals surface area (Å²) < 4.78 is 47.2. The van der Waals surface area contributed by atoms with Crippen molar-refractivity contribution in [3.63, 3.8) is 0 Å². The molecule has 1 heterocycles. The zero-order chi connectivity index (χ0) is 13.7. The van der Waals surface area contributed by atoms with Gasteiger partial charge in [-0.2, -0.15) is 0 Å². The highest BCUT2D eigenvalue weighted by atomic mass is 35.7. The van der Waals surface area contributed by atoms with Crippen LogP contribution >= 0.6 is 10.7 Å². The van der Waals surface area contributed by atoms with Gasteiger partial charge in [0.05, 0.1) is 10.4 Å². The number of benzene rings is 1. The zero-order valence-corrected chi connectivity index (χ0v) is 12.0.